The molecule has 0 spiro atoms. The van der Waals surface area contributed by atoms with Crippen molar-refractivity contribution in [3.8, 4) is 5.75 Å². The minimum Gasteiger partial charge on any atom is -0.496 e. The van der Waals surface area contributed by atoms with Crippen molar-refractivity contribution in [3.63, 3.8) is 0 Å². The van der Waals surface area contributed by atoms with Crippen LogP contribution in [0, 0.1) is 5.92 Å². The molecule has 1 N–H and O–H groups in total. The van der Waals surface area contributed by atoms with Crippen LogP contribution in [0.15, 0.2) is 24.3 Å². The maximum absolute atomic E-state index is 13.0. The van der Waals surface area contributed by atoms with Gasteiger partial charge in [0.2, 0.25) is 15.9 Å². The fourth-order valence-electron chi connectivity index (χ4n) is 4.75. The Balaban J connectivity index is 1.68. The summed E-state index contributed by atoms with van der Waals surface area (Å²) in [6, 6.07) is 8.05. The second kappa shape index (κ2) is 11.3. The lowest BCUT2D eigenvalue weighted by atomic mass is 9.97. The number of sulfonamides is 1. The van der Waals surface area contributed by atoms with E-state index in [0.717, 1.165) is 50.1 Å². The van der Waals surface area contributed by atoms with Crippen molar-refractivity contribution in [3.05, 3.63) is 29.8 Å². The summed E-state index contributed by atoms with van der Waals surface area (Å²) in [4.78, 5) is 15.5. The summed E-state index contributed by atoms with van der Waals surface area (Å²) in [5, 5.41) is 3.15. The predicted octanol–water partition coefficient (Wildman–Crippen LogP) is 2.79. The zero-order chi connectivity index (χ0) is 22.3. The van der Waals surface area contributed by atoms with Crippen LogP contribution in [0.4, 0.5) is 0 Å². The fourth-order valence-corrected chi connectivity index (χ4v) is 6.33. The van der Waals surface area contributed by atoms with E-state index in [0.29, 0.717) is 19.5 Å². The molecule has 0 radical (unpaired) electrons. The van der Waals surface area contributed by atoms with Crippen LogP contribution in [0.5, 0.6) is 5.75 Å². The first-order chi connectivity index (χ1) is 15.0. The van der Waals surface area contributed by atoms with Gasteiger partial charge in [0.05, 0.1) is 24.8 Å². The Morgan fingerprint density at radius 2 is 1.90 bits per heavy atom. The van der Waals surface area contributed by atoms with E-state index in [2.05, 4.69) is 16.3 Å². The summed E-state index contributed by atoms with van der Waals surface area (Å²) in [6.07, 6.45) is 5.60. The molecule has 3 rings (SSSR count). The number of nitrogens with one attached hydrogen (secondary N) is 1. The number of ether oxygens (including phenoxy) is 1. The smallest absolute Gasteiger partial charge is 0.224 e. The van der Waals surface area contributed by atoms with E-state index in [-0.39, 0.29) is 30.2 Å². The van der Waals surface area contributed by atoms with E-state index in [4.69, 9.17) is 4.74 Å². The predicted molar refractivity (Wildman–Crippen MR) is 123 cm³/mol. The number of carbonyl (C=O) groups excluding carboxylic acids is 1. The van der Waals surface area contributed by atoms with Gasteiger partial charge in [-0.3, -0.25) is 9.69 Å². The number of rotatable bonds is 9. The van der Waals surface area contributed by atoms with Gasteiger partial charge in [-0.1, -0.05) is 31.5 Å². The molecule has 2 atom stereocenters. The first-order valence-electron chi connectivity index (χ1n) is 11.6. The van der Waals surface area contributed by atoms with Crippen LogP contribution in [0.1, 0.15) is 57.1 Å². The van der Waals surface area contributed by atoms with Crippen molar-refractivity contribution in [2.24, 2.45) is 5.92 Å². The van der Waals surface area contributed by atoms with Crippen LogP contribution in [-0.4, -0.2) is 69.1 Å². The van der Waals surface area contributed by atoms with Crippen LogP contribution in [0.3, 0.4) is 0 Å². The SMILES string of the molecule is CCCS(=O)(=O)N1CCCC(C(=O)NCC(c2ccccc2OC)N2CCCCC2)C1. The molecule has 0 saturated carbocycles. The Labute approximate surface area is 187 Å². The second-order valence-corrected chi connectivity index (χ2v) is 10.7. The summed E-state index contributed by atoms with van der Waals surface area (Å²) >= 11 is 0. The van der Waals surface area contributed by atoms with Gasteiger partial charge in [-0.2, -0.15) is 0 Å². The number of amides is 1. The third kappa shape index (κ3) is 6.20. The number of nitrogens with zero attached hydrogens (tertiary/aromatic N) is 2. The average Bonchev–Trinajstić information content (AvgIpc) is 2.80. The minimum atomic E-state index is -3.27. The molecule has 2 aliphatic heterocycles. The zero-order valence-electron chi connectivity index (χ0n) is 18.9. The molecule has 2 aliphatic rings. The van der Waals surface area contributed by atoms with Gasteiger partial charge in [0.25, 0.3) is 0 Å². The van der Waals surface area contributed by atoms with E-state index in [1.807, 2.05) is 25.1 Å². The summed E-state index contributed by atoms with van der Waals surface area (Å²) in [6.45, 7) is 5.18. The van der Waals surface area contributed by atoms with Crippen molar-refractivity contribution < 1.29 is 17.9 Å². The lowest BCUT2D eigenvalue weighted by Crippen LogP contribution is -2.47. The highest BCUT2D eigenvalue weighted by molar-refractivity contribution is 7.89. The largest absolute Gasteiger partial charge is 0.496 e. The quantitative estimate of drug-likeness (QED) is 0.625. The lowest BCUT2D eigenvalue weighted by Gasteiger charge is -2.36. The fraction of sp³-hybridized carbons (Fsp3) is 0.696. The monoisotopic (exact) mass is 451 g/mol. The van der Waals surface area contributed by atoms with E-state index >= 15 is 0 Å². The van der Waals surface area contributed by atoms with E-state index in [1.54, 1.807) is 7.11 Å². The standard InChI is InChI=1S/C23H37N3O4S/c1-3-16-31(28,29)26-15-9-10-19(18-26)23(27)24-17-21(25-13-7-4-8-14-25)20-11-5-6-12-22(20)30-2/h5-6,11-12,19,21H,3-4,7-10,13-18H2,1-2H3,(H,24,27). The highest BCUT2D eigenvalue weighted by Crippen LogP contribution is 2.31. The van der Waals surface area contributed by atoms with Crippen LogP contribution in [-0.2, 0) is 14.8 Å². The van der Waals surface area contributed by atoms with Crippen molar-refractivity contribution in [1.29, 1.82) is 0 Å². The molecule has 0 bridgehead atoms. The van der Waals surface area contributed by atoms with Crippen LogP contribution in [0.25, 0.3) is 0 Å². The molecule has 2 saturated heterocycles. The lowest BCUT2D eigenvalue weighted by molar-refractivity contribution is -0.126. The molecule has 2 unspecified atom stereocenters. The van der Waals surface area contributed by atoms with Gasteiger partial charge >= 0.3 is 0 Å². The number of hydrogen-bond acceptors (Lipinski definition) is 5. The Kier molecular flexibility index (Phi) is 8.75. The molecule has 1 aromatic rings. The molecule has 8 heteroatoms. The van der Waals surface area contributed by atoms with Gasteiger partial charge in [-0.05, 0) is 51.3 Å². The Bertz CT molecular complexity index is 824. The molecule has 0 aliphatic carbocycles. The van der Waals surface area contributed by atoms with Crippen LogP contribution >= 0.6 is 0 Å². The molecule has 31 heavy (non-hydrogen) atoms. The van der Waals surface area contributed by atoms with Crippen molar-refractivity contribution in [2.75, 3.05) is 45.6 Å². The normalized spacial score (nSPS) is 22.1. The molecule has 1 aromatic carbocycles. The second-order valence-electron chi connectivity index (χ2n) is 8.61. The number of benzene rings is 1. The van der Waals surface area contributed by atoms with Gasteiger partial charge in [0.15, 0.2) is 0 Å². The first-order valence-corrected chi connectivity index (χ1v) is 13.2. The highest BCUT2D eigenvalue weighted by atomic mass is 32.2. The molecule has 0 aromatic heterocycles. The van der Waals surface area contributed by atoms with E-state index < -0.39 is 10.0 Å². The van der Waals surface area contributed by atoms with Crippen molar-refractivity contribution in [1.82, 2.24) is 14.5 Å². The van der Waals surface area contributed by atoms with Crippen LogP contribution < -0.4 is 10.1 Å². The summed E-state index contributed by atoms with van der Waals surface area (Å²) in [5.41, 5.74) is 1.09. The molecule has 174 valence electrons. The molecular formula is C23H37N3O4S. The topological polar surface area (TPSA) is 79.0 Å². The zero-order valence-corrected chi connectivity index (χ0v) is 19.7. The van der Waals surface area contributed by atoms with Crippen molar-refractivity contribution in [2.45, 2.75) is 51.5 Å². The van der Waals surface area contributed by atoms with Gasteiger partial charge in [0, 0.05) is 25.2 Å². The maximum Gasteiger partial charge on any atom is 0.224 e. The van der Waals surface area contributed by atoms with E-state index in [1.165, 1.54) is 10.7 Å². The Morgan fingerprint density at radius 1 is 1.16 bits per heavy atom. The average molecular weight is 452 g/mol. The maximum atomic E-state index is 13.0. The molecule has 2 heterocycles. The first kappa shape index (κ1) is 24.0. The number of para-hydroxylation sites is 1. The van der Waals surface area contributed by atoms with Crippen LogP contribution in [0.2, 0.25) is 0 Å². The third-order valence-corrected chi connectivity index (χ3v) is 8.45. The molecule has 1 amide bonds. The summed E-state index contributed by atoms with van der Waals surface area (Å²) < 4.78 is 32.0. The van der Waals surface area contributed by atoms with Gasteiger partial charge < -0.3 is 10.1 Å². The Hall–Kier alpha value is -1.64. The highest BCUT2D eigenvalue weighted by Gasteiger charge is 2.33. The van der Waals surface area contributed by atoms with Gasteiger partial charge in [-0.25, -0.2) is 12.7 Å². The number of likely N-dealkylation sites (tertiary alicyclic amines) is 1. The number of carbonyl (C=O) groups is 1. The van der Waals surface area contributed by atoms with E-state index in [9.17, 15) is 13.2 Å². The minimum absolute atomic E-state index is 0.0453. The molecule has 2 fully saturated rings. The number of methoxy groups -OCH3 is 1. The summed E-state index contributed by atoms with van der Waals surface area (Å²) in [7, 11) is -1.59. The number of hydrogen-bond donors (Lipinski definition) is 1. The van der Waals surface area contributed by atoms with Crippen molar-refractivity contribution >= 4 is 15.9 Å². The summed E-state index contributed by atoms with van der Waals surface area (Å²) in [5.74, 6) is 0.641. The van der Waals surface area contributed by atoms with Gasteiger partial charge in [0.1, 0.15) is 5.75 Å². The molecular weight excluding hydrogens is 414 g/mol. The Morgan fingerprint density at radius 3 is 2.61 bits per heavy atom. The number of piperidine rings is 2. The van der Waals surface area contributed by atoms with Gasteiger partial charge in [-0.15, -0.1) is 0 Å². The molecule has 7 nitrogen and oxygen atoms in total. The third-order valence-electron chi connectivity index (χ3n) is 6.41.